The van der Waals surface area contributed by atoms with Crippen LogP contribution >= 0.6 is 58.0 Å². The van der Waals surface area contributed by atoms with Gasteiger partial charge >= 0.3 is 10.0 Å². The fraction of sp³-hybridized carbons (Fsp3) is 0. The zero-order valence-corrected chi connectivity index (χ0v) is 15.5. The van der Waals surface area contributed by atoms with Gasteiger partial charge in [-0.1, -0.05) is 58.0 Å². The molecule has 5 nitrogen and oxygen atoms in total. The summed E-state index contributed by atoms with van der Waals surface area (Å²) in [7, 11) is -4.10. The second-order valence-electron chi connectivity index (χ2n) is 4.22. The number of pyridine rings is 1. The summed E-state index contributed by atoms with van der Waals surface area (Å²) in [5, 5.41) is 0.167. The van der Waals surface area contributed by atoms with Crippen LogP contribution in [0.15, 0.2) is 29.2 Å². The monoisotopic (exact) mass is 432 g/mol. The Balaban J connectivity index is 2.54. The molecular weight excluding hydrogens is 427 g/mol. The van der Waals surface area contributed by atoms with Crippen LogP contribution in [-0.4, -0.2) is 19.2 Å². The molecule has 0 spiro atoms. The largest absolute Gasteiger partial charge is 0.330 e. The molecule has 0 fully saturated rings. The Hall–Kier alpha value is -0.760. The highest BCUT2D eigenvalue weighted by Gasteiger charge is 2.23. The Kier molecular flexibility index (Phi) is 5.66. The molecule has 0 bridgehead atoms. The van der Waals surface area contributed by atoms with Gasteiger partial charge in [-0.25, -0.2) is 4.98 Å². The van der Waals surface area contributed by atoms with E-state index in [0.717, 1.165) is 6.07 Å². The van der Waals surface area contributed by atoms with Gasteiger partial charge in [-0.2, -0.15) is 12.8 Å². The molecule has 1 aromatic heterocycles. The number of amidine groups is 1. The van der Waals surface area contributed by atoms with Crippen LogP contribution in [0.5, 0.6) is 0 Å². The number of aromatic nitrogens is 1. The molecule has 0 saturated carbocycles. The van der Waals surface area contributed by atoms with Crippen molar-refractivity contribution in [1.29, 1.82) is 0 Å². The van der Waals surface area contributed by atoms with Gasteiger partial charge < -0.3 is 0 Å². The lowest BCUT2D eigenvalue weighted by molar-refractivity contribution is -0.267. The minimum atomic E-state index is -4.10. The number of hydrogen-bond acceptors (Lipinski definition) is 3. The van der Waals surface area contributed by atoms with Crippen LogP contribution < -0.4 is 10.1 Å². The van der Waals surface area contributed by atoms with Gasteiger partial charge in [0.15, 0.2) is 0 Å². The van der Waals surface area contributed by atoms with Gasteiger partial charge in [0.25, 0.3) is 5.84 Å². The Bertz CT molecular complexity index is 895. The number of nitrogen functional groups attached to an aromatic ring is 1. The smallest absolute Gasteiger partial charge is 0.286 e. The fourth-order valence-corrected chi connectivity index (χ4v) is 4.07. The zero-order valence-electron chi connectivity index (χ0n) is 10.9. The molecule has 0 saturated heterocycles. The summed E-state index contributed by atoms with van der Waals surface area (Å²) < 4.78 is 26.9. The predicted molar refractivity (Wildman–Crippen MR) is 92.2 cm³/mol. The lowest BCUT2D eigenvalue weighted by Gasteiger charge is -2.04. The maximum atomic E-state index is 12.4. The van der Waals surface area contributed by atoms with Gasteiger partial charge in [0.1, 0.15) is 15.2 Å². The first kappa shape index (κ1) is 18.6. The molecule has 0 aliphatic rings. The highest BCUT2D eigenvalue weighted by Crippen LogP contribution is 2.30. The number of nitrogens with one attached hydrogen (secondary N) is 1. The normalized spacial score (nSPS) is 12.5. The lowest BCUT2D eigenvalue weighted by atomic mass is 10.2. The molecule has 0 atom stereocenters. The first-order chi connectivity index (χ1) is 10.6. The molecule has 0 unspecified atom stereocenters. The van der Waals surface area contributed by atoms with E-state index >= 15 is 0 Å². The van der Waals surface area contributed by atoms with E-state index in [1.54, 1.807) is 0 Å². The molecule has 11 heteroatoms. The summed E-state index contributed by atoms with van der Waals surface area (Å²) >= 11 is 29.0. The van der Waals surface area contributed by atoms with Crippen molar-refractivity contribution in [1.82, 2.24) is 4.98 Å². The summed E-state index contributed by atoms with van der Waals surface area (Å²) in [6.07, 6.45) is 0. The number of rotatable bonds is 3. The zero-order chi connectivity index (χ0) is 17.4. The Morgan fingerprint density at radius 1 is 0.913 bits per heavy atom. The van der Waals surface area contributed by atoms with Crippen LogP contribution in [0.4, 0.5) is 0 Å². The molecule has 23 heavy (non-hydrogen) atoms. The van der Waals surface area contributed by atoms with Crippen molar-refractivity contribution in [3.8, 4) is 0 Å². The van der Waals surface area contributed by atoms with Crippen LogP contribution in [0.2, 0.25) is 25.4 Å². The fourth-order valence-electron chi connectivity index (χ4n) is 1.59. The summed E-state index contributed by atoms with van der Waals surface area (Å²) in [4.78, 5) is 3.46. The molecule has 2 rings (SSSR count). The third-order valence-electron chi connectivity index (χ3n) is 2.58. The van der Waals surface area contributed by atoms with Crippen LogP contribution in [-0.2, 0) is 10.0 Å². The number of nitrogens with zero attached hydrogens (tertiary/aromatic N) is 1. The number of benzene rings is 1. The van der Waals surface area contributed by atoms with Gasteiger partial charge in [-0.3, -0.25) is 5.73 Å². The van der Waals surface area contributed by atoms with E-state index in [0.29, 0.717) is 0 Å². The third kappa shape index (κ3) is 4.41. The van der Waals surface area contributed by atoms with E-state index < -0.39 is 10.0 Å². The van der Waals surface area contributed by atoms with Crippen molar-refractivity contribution in [2.24, 2.45) is 5.73 Å². The van der Waals surface area contributed by atoms with Gasteiger partial charge in [0.05, 0.1) is 20.6 Å². The molecule has 2 aromatic rings. The molecule has 0 amide bonds. The molecule has 1 aromatic carbocycles. The third-order valence-corrected chi connectivity index (χ3v) is 5.52. The first-order valence-electron chi connectivity index (χ1n) is 5.73. The summed E-state index contributed by atoms with van der Waals surface area (Å²) in [6, 6.07) is 5.04. The SMILES string of the molecule is NC(=[NH+]S(=O)(=O)c1cc(Cl)c(Cl)cc1Cl)c1cc(Cl)nc(Cl)c1. The topological polar surface area (TPSA) is 87.0 Å². The Labute approximate surface area is 157 Å². The second-order valence-corrected chi connectivity index (χ2v) is 7.86. The molecular formula is C12H7Cl5N3O2S+. The van der Waals surface area contributed by atoms with Gasteiger partial charge in [0, 0.05) is 0 Å². The maximum Gasteiger partial charge on any atom is 0.330 e. The van der Waals surface area contributed by atoms with E-state index in [2.05, 4.69) is 9.38 Å². The second kappa shape index (κ2) is 7.01. The standard InChI is InChI=1S/C12H6Cl5N3O2S/c13-6-3-8(15)9(4-7(6)14)23(21,22)20-12(18)5-1-10(16)19-11(17)2-5/h1-4H,(H2,18,20)/p+1. The number of sulfonamides is 1. The van der Waals surface area contributed by atoms with E-state index in [1.165, 1.54) is 18.2 Å². The van der Waals surface area contributed by atoms with Crippen LogP contribution in [0, 0.1) is 0 Å². The number of hydrogen-bond donors (Lipinski definition) is 2. The van der Waals surface area contributed by atoms with Gasteiger partial charge in [0.2, 0.25) is 0 Å². The van der Waals surface area contributed by atoms with Crippen molar-refractivity contribution in [3.05, 3.63) is 55.2 Å². The van der Waals surface area contributed by atoms with Crippen LogP contribution in [0.1, 0.15) is 5.56 Å². The van der Waals surface area contributed by atoms with E-state index in [4.69, 9.17) is 63.7 Å². The minimum absolute atomic E-state index is 0.0324. The highest BCUT2D eigenvalue weighted by molar-refractivity contribution is 7.85. The van der Waals surface area contributed by atoms with Crippen molar-refractivity contribution >= 4 is 73.9 Å². The quantitative estimate of drug-likeness (QED) is 0.336. The number of halogens is 5. The van der Waals surface area contributed by atoms with E-state index in [-0.39, 0.29) is 41.7 Å². The number of nitrogens with two attached hydrogens (primary N) is 1. The van der Waals surface area contributed by atoms with Crippen molar-refractivity contribution in [2.45, 2.75) is 4.90 Å². The highest BCUT2D eigenvalue weighted by atomic mass is 35.5. The average molecular weight is 435 g/mol. The van der Waals surface area contributed by atoms with Crippen molar-refractivity contribution in [2.75, 3.05) is 0 Å². The molecule has 122 valence electrons. The summed E-state index contributed by atoms with van der Waals surface area (Å²) in [5.74, 6) is -0.210. The average Bonchev–Trinajstić information content (AvgIpc) is 2.41. The van der Waals surface area contributed by atoms with E-state index in [9.17, 15) is 8.42 Å². The minimum Gasteiger partial charge on any atom is -0.286 e. The first-order valence-corrected chi connectivity index (χ1v) is 9.10. The van der Waals surface area contributed by atoms with Crippen molar-refractivity contribution in [3.63, 3.8) is 0 Å². The predicted octanol–water partition coefficient (Wildman–Crippen LogP) is 2.52. The lowest BCUT2D eigenvalue weighted by Crippen LogP contribution is -2.78. The molecule has 0 aliphatic carbocycles. The molecule has 0 radical (unpaired) electrons. The maximum absolute atomic E-state index is 12.4. The summed E-state index contributed by atoms with van der Waals surface area (Å²) in [5.41, 5.74) is 6.00. The van der Waals surface area contributed by atoms with Crippen molar-refractivity contribution < 1.29 is 12.8 Å². The molecule has 1 heterocycles. The van der Waals surface area contributed by atoms with Crippen LogP contribution in [0.25, 0.3) is 0 Å². The van der Waals surface area contributed by atoms with E-state index in [1.807, 2.05) is 0 Å². The van der Waals surface area contributed by atoms with Gasteiger partial charge in [-0.05, 0) is 24.3 Å². The van der Waals surface area contributed by atoms with Gasteiger partial charge in [-0.15, -0.1) is 0 Å². The summed E-state index contributed by atoms with van der Waals surface area (Å²) in [6.45, 7) is 0. The Morgan fingerprint density at radius 3 is 2.00 bits per heavy atom. The molecule has 3 N–H and O–H groups in total. The molecule has 0 aliphatic heterocycles. The van der Waals surface area contributed by atoms with Crippen LogP contribution in [0.3, 0.4) is 0 Å². The Morgan fingerprint density at radius 2 is 1.43 bits per heavy atom.